The maximum Gasteiger partial charge on any atom is 0.273 e. The predicted octanol–water partition coefficient (Wildman–Crippen LogP) is 1.90. The van der Waals surface area contributed by atoms with E-state index >= 15 is 0 Å². The van der Waals surface area contributed by atoms with E-state index in [-0.39, 0.29) is 11.1 Å². The van der Waals surface area contributed by atoms with E-state index in [9.17, 15) is 9.59 Å². The molecule has 0 fully saturated rings. The zero-order chi connectivity index (χ0) is 19.1. The molecule has 5 aromatic rings. The molecule has 5 rings (SSSR count). The number of H-pyrrole nitrogens is 1. The maximum atomic E-state index is 12.7. The number of nitrogens with one attached hydrogen (secondary N) is 1. The zero-order valence-corrected chi connectivity index (χ0v) is 14.8. The lowest BCUT2D eigenvalue weighted by atomic mass is 10.2. The van der Waals surface area contributed by atoms with Crippen molar-refractivity contribution in [2.75, 3.05) is 0 Å². The molecule has 0 atom stereocenters. The Morgan fingerprint density at radius 2 is 1.75 bits per heavy atom. The molecule has 8 nitrogen and oxygen atoms in total. The Labute approximate surface area is 158 Å². The number of nitrogens with zero attached hydrogens (tertiary/aromatic N) is 5. The predicted molar refractivity (Wildman–Crippen MR) is 105 cm³/mol. The average Bonchev–Trinajstić information content (AvgIpc) is 3.38. The first kappa shape index (κ1) is 16.2. The Balaban J connectivity index is 1.51. The molecule has 4 heterocycles. The fourth-order valence-electron chi connectivity index (χ4n) is 3.45. The molecule has 0 bridgehead atoms. The molecule has 0 spiro atoms. The number of hydrogen-bond acceptors (Lipinski definition) is 4. The fraction of sp³-hybridized carbons (Fsp3) is 0.100. The van der Waals surface area contributed by atoms with E-state index in [4.69, 9.17) is 0 Å². The maximum absolute atomic E-state index is 12.7. The van der Waals surface area contributed by atoms with Gasteiger partial charge in [0.05, 0.1) is 29.0 Å². The summed E-state index contributed by atoms with van der Waals surface area (Å²) in [6.07, 6.45) is 5.30. The van der Waals surface area contributed by atoms with E-state index < -0.39 is 0 Å². The van der Waals surface area contributed by atoms with Gasteiger partial charge in [0.15, 0.2) is 5.82 Å². The molecule has 0 aliphatic rings. The van der Waals surface area contributed by atoms with E-state index in [0.717, 1.165) is 17.0 Å². The van der Waals surface area contributed by atoms with Gasteiger partial charge in [0.1, 0.15) is 5.69 Å². The van der Waals surface area contributed by atoms with Crippen molar-refractivity contribution in [1.29, 1.82) is 0 Å². The van der Waals surface area contributed by atoms with E-state index in [2.05, 4.69) is 15.2 Å². The highest BCUT2D eigenvalue weighted by atomic mass is 16.2. The van der Waals surface area contributed by atoms with E-state index in [1.807, 2.05) is 39.5 Å². The van der Waals surface area contributed by atoms with Gasteiger partial charge < -0.3 is 4.57 Å². The van der Waals surface area contributed by atoms with Gasteiger partial charge in [-0.2, -0.15) is 5.10 Å². The van der Waals surface area contributed by atoms with Crippen LogP contribution in [-0.2, 0) is 13.1 Å². The van der Waals surface area contributed by atoms with Gasteiger partial charge in [-0.05, 0) is 30.3 Å². The molecule has 0 saturated heterocycles. The van der Waals surface area contributed by atoms with Gasteiger partial charge in [-0.1, -0.05) is 18.2 Å². The molecule has 4 aromatic heterocycles. The number of aryl methyl sites for hydroxylation is 2. The summed E-state index contributed by atoms with van der Waals surface area (Å²) in [4.78, 5) is 29.4. The van der Waals surface area contributed by atoms with Crippen molar-refractivity contribution in [3.8, 4) is 11.5 Å². The van der Waals surface area contributed by atoms with Crippen molar-refractivity contribution in [2.45, 2.75) is 13.1 Å². The Morgan fingerprint density at radius 3 is 2.64 bits per heavy atom. The number of fused-ring (bicyclic) bond motifs is 2. The van der Waals surface area contributed by atoms with Crippen LogP contribution in [0.25, 0.3) is 27.8 Å². The highest BCUT2D eigenvalue weighted by Gasteiger charge is 2.12. The van der Waals surface area contributed by atoms with Gasteiger partial charge in [-0.15, -0.1) is 0 Å². The molecule has 138 valence electrons. The van der Waals surface area contributed by atoms with Crippen molar-refractivity contribution in [2.24, 2.45) is 0 Å². The van der Waals surface area contributed by atoms with Crippen molar-refractivity contribution in [3.05, 3.63) is 87.8 Å². The average molecular weight is 372 g/mol. The SMILES string of the molecule is O=c1[nH]n(CCn2ccnc2-c2cccc3ccnn23)c(=O)c2ccccc12. The van der Waals surface area contributed by atoms with Crippen LogP contribution in [0.1, 0.15) is 0 Å². The normalized spacial score (nSPS) is 11.4. The van der Waals surface area contributed by atoms with E-state index in [1.54, 1.807) is 36.7 Å². The summed E-state index contributed by atoms with van der Waals surface area (Å²) >= 11 is 0. The topological polar surface area (TPSA) is 90.0 Å². The second-order valence-corrected chi connectivity index (χ2v) is 6.47. The summed E-state index contributed by atoms with van der Waals surface area (Å²) < 4.78 is 5.11. The van der Waals surface area contributed by atoms with Crippen LogP contribution in [0, 0.1) is 0 Å². The first-order valence-electron chi connectivity index (χ1n) is 8.88. The van der Waals surface area contributed by atoms with Crippen LogP contribution in [-0.4, -0.2) is 28.9 Å². The quantitative estimate of drug-likeness (QED) is 0.522. The molecule has 0 amide bonds. The highest BCUT2D eigenvalue weighted by molar-refractivity contribution is 5.80. The number of benzene rings is 1. The molecule has 1 N–H and O–H groups in total. The summed E-state index contributed by atoms with van der Waals surface area (Å²) in [5, 5.41) is 7.83. The van der Waals surface area contributed by atoms with Crippen molar-refractivity contribution >= 4 is 16.3 Å². The van der Waals surface area contributed by atoms with Crippen molar-refractivity contribution < 1.29 is 0 Å². The van der Waals surface area contributed by atoms with Gasteiger partial charge >= 0.3 is 0 Å². The number of rotatable bonds is 4. The molecule has 0 aliphatic carbocycles. The van der Waals surface area contributed by atoms with Crippen LogP contribution >= 0.6 is 0 Å². The Morgan fingerprint density at radius 1 is 0.893 bits per heavy atom. The molecule has 0 radical (unpaired) electrons. The first-order chi connectivity index (χ1) is 13.7. The summed E-state index contributed by atoms with van der Waals surface area (Å²) in [7, 11) is 0. The van der Waals surface area contributed by atoms with Gasteiger partial charge in [-0.25, -0.2) is 14.2 Å². The number of hydrogen-bond donors (Lipinski definition) is 1. The zero-order valence-electron chi connectivity index (χ0n) is 14.8. The minimum atomic E-state index is -0.276. The van der Waals surface area contributed by atoms with Crippen LogP contribution in [0.2, 0.25) is 0 Å². The smallest absolute Gasteiger partial charge is 0.273 e. The van der Waals surface area contributed by atoms with Crippen LogP contribution in [0.3, 0.4) is 0 Å². The third-order valence-corrected chi connectivity index (χ3v) is 4.81. The van der Waals surface area contributed by atoms with Gasteiger partial charge in [0.25, 0.3) is 11.1 Å². The molecular formula is C20H16N6O2. The summed E-state index contributed by atoms with van der Waals surface area (Å²) in [5.74, 6) is 0.741. The minimum absolute atomic E-state index is 0.217. The molecule has 1 aromatic carbocycles. The van der Waals surface area contributed by atoms with E-state index in [0.29, 0.717) is 23.9 Å². The monoisotopic (exact) mass is 372 g/mol. The first-order valence-corrected chi connectivity index (χ1v) is 8.88. The standard InChI is InChI=1S/C20H16N6O2/c27-19-15-5-1-2-6-16(15)20(28)25(23-19)13-12-24-11-10-21-18(24)17-7-3-4-14-8-9-22-26(14)17/h1-11H,12-13H2,(H,23,27). The van der Waals surface area contributed by atoms with Crippen molar-refractivity contribution in [1.82, 2.24) is 28.9 Å². The Hall–Kier alpha value is -3.94. The van der Waals surface area contributed by atoms with Crippen LogP contribution in [0.15, 0.2) is 76.7 Å². The third kappa shape index (κ3) is 2.54. The summed E-state index contributed by atoms with van der Waals surface area (Å²) in [6.45, 7) is 0.790. The van der Waals surface area contributed by atoms with Gasteiger partial charge in [-0.3, -0.25) is 14.7 Å². The minimum Gasteiger partial charge on any atom is -0.328 e. The Bertz CT molecular complexity index is 1420. The lowest BCUT2D eigenvalue weighted by Crippen LogP contribution is -2.31. The highest BCUT2D eigenvalue weighted by Crippen LogP contribution is 2.18. The lowest BCUT2D eigenvalue weighted by molar-refractivity contribution is 0.511. The van der Waals surface area contributed by atoms with Crippen molar-refractivity contribution in [3.63, 3.8) is 0 Å². The van der Waals surface area contributed by atoms with Gasteiger partial charge in [0, 0.05) is 18.9 Å². The fourth-order valence-corrected chi connectivity index (χ4v) is 3.45. The van der Waals surface area contributed by atoms with Crippen LogP contribution in [0.5, 0.6) is 0 Å². The lowest BCUT2D eigenvalue weighted by Gasteiger charge is -2.11. The molecule has 8 heteroatoms. The molecular weight excluding hydrogens is 356 g/mol. The Kier molecular flexibility index (Phi) is 3.68. The number of pyridine rings is 1. The summed E-state index contributed by atoms with van der Waals surface area (Å²) in [6, 6.07) is 14.6. The number of aromatic nitrogens is 6. The third-order valence-electron chi connectivity index (χ3n) is 4.81. The number of imidazole rings is 1. The molecule has 0 aliphatic heterocycles. The summed E-state index contributed by atoms with van der Waals surface area (Å²) in [5.41, 5.74) is 1.34. The van der Waals surface area contributed by atoms with Crippen LogP contribution < -0.4 is 11.1 Å². The second kappa shape index (κ2) is 6.34. The molecule has 28 heavy (non-hydrogen) atoms. The largest absolute Gasteiger partial charge is 0.328 e. The molecule has 0 saturated carbocycles. The van der Waals surface area contributed by atoms with E-state index in [1.165, 1.54) is 4.68 Å². The second-order valence-electron chi connectivity index (χ2n) is 6.47. The number of aromatic amines is 1. The van der Waals surface area contributed by atoms with Gasteiger partial charge in [0.2, 0.25) is 0 Å². The van der Waals surface area contributed by atoms with Crippen LogP contribution in [0.4, 0.5) is 0 Å². The molecule has 0 unspecified atom stereocenters.